The molecule has 1 aliphatic rings. The maximum absolute atomic E-state index is 13.9. The fourth-order valence-electron chi connectivity index (χ4n) is 2.05. The molecular weight excluding hydrogens is 258 g/mol. The number of hydrogen-bond donors (Lipinski definition) is 2. The third-order valence-electron chi connectivity index (χ3n) is 3.05. The second kappa shape index (κ2) is 4.83. The zero-order valence-corrected chi connectivity index (χ0v) is 10.1. The Balaban J connectivity index is 2.45. The van der Waals surface area contributed by atoms with Crippen molar-refractivity contribution in [3.05, 3.63) is 29.3 Å². The second-order valence-electron chi connectivity index (χ2n) is 4.25. The highest BCUT2D eigenvalue weighted by atomic mass is 19.1. The molecule has 5 nitrogen and oxygen atoms in total. The lowest BCUT2D eigenvalue weighted by molar-refractivity contribution is -0.122. The van der Waals surface area contributed by atoms with Gasteiger partial charge < -0.3 is 15.3 Å². The number of nitrogens with one attached hydrogen (secondary N) is 1. The van der Waals surface area contributed by atoms with Gasteiger partial charge in [0, 0.05) is 13.1 Å². The van der Waals surface area contributed by atoms with E-state index < -0.39 is 29.2 Å². The highest BCUT2D eigenvalue weighted by Gasteiger charge is 2.30. The third-order valence-corrected chi connectivity index (χ3v) is 3.05. The molecule has 1 amide bonds. The van der Waals surface area contributed by atoms with E-state index in [0.717, 1.165) is 12.1 Å². The number of piperazine rings is 1. The SMILES string of the molecule is CC1C(=O)NCCN1c1c(F)cc(C(=O)O)cc1F. The van der Waals surface area contributed by atoms with Gasteiger partial charge in [-0.25, -0.2) is 13.6 Å². The van der Waals surface area contributed by atoms with E-state index in [2.05, 4.69) is 5.32 Å². The Bertz CT molecular complexity index is 525. The summed E-state index contributed by atoms with van der Waals surface area (Å²) in [5.41, 5.74) is -0.833. The molecule has 19 heavy (non-hydrogen) atoms. The predicted molar refractivity (Wildman–Crippen MR) is 63.1 cm³/mol. The van der Waals surface area contributed by atoms with Crippen LogP contribution >= 0.6 is 0 Å². The number of carbonyl (C=O) groups is 2. The van der Waals surface area contributed by atoms with Crippen molar-refractivity contribution >= 4 is 17.6 Å². The van der Waals surface area contributed by atoms with Gasteiger partial charge in [0.25, 0.3) is 0 Å². The molecule has 1 fully saturated rings. The lowest BCUT2D eigenvalue weighted by Gasteiger charge is -2.35. The van der Waals surface area contributed by atoms with Gasteiger partial charge in [-0.1, -0.05) is 0 Å². The standard InChI is InChI=1S/C12H12F2N2O3/c1-6-11(17)15-2-3-16(6)10-8(13)4-7(12(18)19)5-9(10)14/h4-6H,2-3H2,1H3,(H,15,17)(H,18,19). The molecule has 0 aliphatic carbocycles. The Morgan fingerprint density at radius 3 is 2.53 bits per heavy atom. The molecule has 1 aromatic rings. The van der Waals surface area contributed by atoms with E-state index in [-0.39, 0.29) is 24.7 Å². The normalized spacial score (nSPS) is 19.2. The van der Waals surface area contributed by atoms with Gasteiger partial charge in [0.1, 0.15) is 23.4 Å². The fourth-order valence-corrected chi connectivity index (χ4v) is 2.05. The van der Waals surface area contributed by atoms with E-state index in [1.807, 2.05) is 0 Å². The second-order valence-corrected chi connectivity index (χ2v) is 4.25. The first-order chi connectivity index (χ1) is 8.91. The Kier molecular flexibility index (Phi) is 3.37. The molecule has 1 aliphatic heterocycles. The minimum atomic E-state index is -1.41. The van der Waals surface area contributed by atoms with Gasteiger partial charge in [-0.3, -0.25) is 4.79 Å². The number of benzene rings is 1. The number of carboxylic acid groups (broad SMARTS) is 1. The molecule has 1 atom stereocenters. The van der Waals surface area contributed by atoms with Crippen LogP contribution in [0.2, 0.25) is 0 Å². The molecule has 1 unspecified atom stereocenters. The molecule has 0 aromatic heterocycles. The molecule has 1 heterocycles. The summed E-state index contributed by atoms with van der Waals surface area (Å²) in [5.74, 6) is -3.71. The molecular formula is C12H12F2N2O3. The highest BCUT2D eigenvalue weighted by molar-refractivity contribution is 5.89. The maximum Gasteiger partial charge on any atom is 0.335 e. The number of amides is 1. The summed E-state index contributed by atoms with van der Waals surface area (Å²) in [4.78, 5) is 23.5. The summed E-state index contributed by atoms with van der Waals surface area (Å²) in [6.07, 6.45) is 0. The van der Waals surface area contributed by atoms with Gasteiger partial charge in [-0.2, -0.15) is 0 Å². The van der Waals surface area contributed by atoms with E-state index >= 15 is 0 Å². The van der Waals surface area contributed by atoms with E-state index in [0.29, 0.717) is 0 Å². The highest BCUT2D eigenvalue weighted by Crippen LogP contribution is 2.27. The van der Waals surface area contributed by atoms with Crippen molar-refractivity contribution in [3.63, 3.8) is 0 Å². The number of aromatic carboxylic acids is 1. The topological polar surface area (TPSA) is 69.6 Å². The average molecular weight is 270 g/mol. The molecule has 0 saturated carbocycles. The Labute approximate surface area is 107 Å². The molecule has 0 spiro atoms. The van der Waals surface area contributed by atoms with Crippen LogP contribution in [0.25, 0.3) is 0 Å². The first kappa shape index (κ1) is 13.3. The van der Waals surface area contributed by atoms with Crippen molar-refractivity contribution in [3.8, 4) is 0 Å². The van der Waals surface area contributed by atoms with Crippen LogP contribution in [0.5, 0.6) is 0 Å². The number of halogens is 2. The van der Waals surface area contributed by atoms with E-state index in [1.165, 1.54) is 11.8 Å². The summed E-state index contributed by atoms with van der Waals surface area (Å²) < 4.78 is 27.8. The van der Waals surface area contributed by atoms with Gasteiger partial charge in [-0.15, -0.1) is 0 Å². The molecule has 0 radical (unpaired) electrons. The van der Waals surface area contributed by atoms with Crippen LogP contribution in [-0.4, -0.2) is 36.1 Å². The van der Waals surface area contributed by atoms with Gasteiger partial charge in [0.05, 0.1) is 5.56 Å². The quantitative estimate of drug-likeness (QED) is 0.840. The molecule has 102 valence electrons. The Hall–Kier alpha value is -2.18. The van der Waals surface area contributed by atoms with Crippen LogP contribution in [0.3, 0.4) is 0 Å². The zero-order valence-electron chi connectivity index (χ0n) is 10.1. The number of hydrogen-bond acceptors (Lipinski definition) is 3. The third kappa shape index (κ3) is 2.35. The van der Waals surface area contributed by atoms with E-state index in [1.54, 1.807) is 0 Å². The van der Waals surface area contributed by atoms with Crippen LogP contribution in [0.15, 0.2) is 12.1 Å². The smallest absolute Gasteiger partial charge is 0.335 e. The summed E-state index contributed by atoms with van der Waals surface area (Å²) in [6.45, 7) is 2.06. The van der Waals surface area contributed by atoms with Gasteiger partial charge >= 0.3 is 5.97 Å². The first-order valence-electron chi connectivity index (χ1n) is 5.68. The van der Waals surface area contributed by atoms with Gasteiger partial charge in [0.15, 0.2) is 0 Å². The number of carbonyl (C=O) groups excluding carboxylic acids is 1. The summed E-state index contributed by atoms with van der Waals surface area (Å²) in [7, 11) is 0. The minimum Gasteiger partial charge on any atom is -0.478 e. The Morgan fingerprint density at radius 1 is 1.42 bits per heavy atom. The maximum atomic E-state index is 13.9. The molecule has 0 bridgehead atoms. The van der Waals surface area contributed by atoms with Crippen molar-refractivity contribution in [1.82, 2.24) is 5.32 Å². The summed E-state index contributed by atoms with van der Waals surface area (Å²) in [6, 6.07) is 0.786. The zero-order chi connectivity index (χ0) is 14.2. The molecule has 2 rings (SSSR count). The lowest BCUT2D eigenvalue weighted by Crippen LogP contribution is -2.54. The number of carboxylic acids is 1. The monoisotopic (exact) mass is 270 g/mol. The minimum absolute atomic E-state index is 0.257. The van der Waals surface area contributed by atoms with Gasteiger partial charge in [0.2, 0.25) is 5.91 Å². The average Bonchev–Trinajstić information content (AvgIpc) is 2.33. The number of nitrogens with zero attached hydrogens (tertiary/aromatic N) is 1. The van der Waals surface area contributed by atoms with Crippen LogP contribution in [0.4, 0.5) is 14.5 Å². The Morgan fingerprint density at radius 2 is 2.00 bits per heavy atom. The summed E-state index contributed by atoms with van der Waals surface area (Å²) in [5, 5.41) is 11.3. The number of anilines is 1. The van der Waals surface area contributed by atoms with Crippen LogP contribution < -0.4 is 10.2 Å². The van der Waals surface area contributed by atoms with Crippen molar-refractivity contribution in [2.75, 3.05) is 18.0 Å². The van der Waals surface area contributed by atoms with Crippen LogP contribution in [0.1, 0.15) is 17.3 Å². The first-order valence-corrected chi connectivity index (χ1v) is 5.68. The van der Waals surface area contributed by atoms with Crippen molar-refractivity contribution < 1.29 is 23.5 Å². The van der Waals surface area contributed by atoms with E-state index in [4.69, 9.17) is 5.11 Å². The van der Waals surface area contributed by atoms with Crippen LogP contribution in [-0.2, 0) is 4.79 Å². The molecule has 2 N–H and O–H groups in total. The van der Waals surface area contributed by atoms with Gasteiger partial charge in [-0.05, 0) is 19.1 Å². The molecule has 7 heteroatoms. The predicted octanol–water partition coefficient (Wildman–Crippen LogP) is 0.988. The number of rotatable bonds is 2. The van der Waals surface area contributed by atoms with E-state index in [9.17, 15) is 18.4 Å². The van der Waals surface area contributed by atoms with Crippen molar-refractivity contribution in [1.29, 1.82) is 0 Å². The molecule has 1 aromatic carbocycles. The fraction of sp³-hybridized carbons (Fsp3) is 0.333. The lowest BCUT2D eigenvalue weighted by atomic mass is 10.1. The largest absolute Gasteiger partial charge is 0.478 e. The summed E-state index contributed by atoms with van der Waals surface area (Å²) >= 11 is 0. The molecule has 1 saturated heterocycles. The van der Waals surface area contributed by atoms with Crippen molar-refractivity contribution in [2.24, 2.45) is 0 Å². The van der Waals surface area contributed by atoms with Crippen LogP contribution in [0, 0.1) is 11.6 Å². The van der Waals surface area contributed by atoms with Crippen molar-refractivity contribution in [2.45, 2.75) is 13.0 Å².